The van der Waals surface area contributed by atoms with Gasteiger partial charge in [-0.1, -0.05) is 37.3 Å². The molecule has 0 aliphatic heterocycles. The van der Waals surface area contributed by atoms with Crippen molar-refractivity contribution in [1.29, 1.82) is 0 Å². The maximum atomic E-state index is 11.5. The van der Waals surface area contributed by atoms with Crippen molar-refractivity contribution in [2.75, 3.05) is 13.6 Å². The number of carboxylic acids is 1. The SMILES string of the molecule is CCC(C)N(C)CC(N)(C(=O)O)c1ccccc1. The van der Waals surface area contributed by atoms with Gasteiger partial charge in [-0.05, 0) is 26.0 Å². The lowest BCUT2D eigenvalue weighted by Crippen LogP contribution is -2.54. The molecule has 0 aliphatic carbocycles. The summed E-state index contributed by atoms with van der Waals surface area (Å²) < 4.78 is 0. The largest absolute Gasteiger partial charge is 0.480 e. The summed E-state index contributed by atoms with van der Waals surface area (Å²) in [4.78, 5) is 13.5. The zero-order valence-electron chi connectivity index (χ0n) is 11.3. The Morgan fingerprint density at radius 1 is 1.44 bits per heavy atom. The van der Waals surface area contributed by atoms with E-state index in [0.717, 1.165) is 6.42 Å². The van der Waals surface area contributed by atoms with Crippen molar-refractivity contribution in [2.45, 2.75) is 31.8 Å². The van der Waals surface area contributed by atoms with E-state index in [2.05, 4.69) is 13.8 Å². The van der Waals surface area contributed by atoms with Gasteiger partial charge in [-0.15, -0.1) is 0 Å². The number of carbonyl (C=O) groups is 1. The zero-order chi connectivity index (χ0) is 13.8. The lowest BCUT2D eigenvalue weighted by atomic mass is 9.90. The molecule has 0 aliphatic rings. The summed E-state index contributed by atoms with van der Waals surface area (Å²) in [5.74, 6) is -0.996. The van der Waals surface area contributed by atoms with Crippen LogP contribution >= 0.6 is 0 Å². The summed E-state index contributed by atoms with van der Waals surface area (Å²) in [5, 5.41) is 9.44. The number of aliphatic carboxylic acids is 1. The number of hydrogen-bond donors (Lipinski definition) is 2. The van der Waals surface area contributed by atoms with E-state index in [1.54, 1.807) is 12.1 Å². The van der Waals surface area contributed by atoms with E-state index < -0.39 is 11.5 Å². The third-order valence-electron chi connectivity index (χ3n) is 3.51. The van der Waals surface area contributed by atoms with Crippen LogP contribution in [0.15, 0.2) is 30.3 Å². The summed E-state index contributed by atoms with van der Waals surface area (Å²) in [6.07, 6.45) is 0.959. The second-order valence-electron chi connectivity index (χ2n) is 4.81. The molecule has 1 aromatic carbocycles. The fourth-order valence-corrected chi connectivity index (χ4v) is 1.88. The molecule has 0 spiro atoms. The molecular formula is C14H22N2O2. The molecule has 18 heavy (non-hydrogen) atoms. The van der Waals surface area contributed by atoms with Crippen LogP contribution in [0.1, 0.15) is 25.8 Å². The van der Waals surface area contributed by atoms with E-state index in [4.69, 9.17) is 5.73 Å². The normalized spacial score (nSPS) is 16.3. The summed E-state index contributed by atoms with van der Waals surface area (Å²) in [6.45, 7) is 4.43. The van der Waals surface area contributed by atoms with Gasteiger partial charge in [0.25, 0.3) is 0 Å². The number of carboxylic acid groups (broad SMARTS) is 1. The molecule has 2 atom stereocenters. The summed E-state index contributed by atoms with van der Waals surface area (Å²) >= 11 is 0. The fraction of sp³-hybridized carbons (Fsp3) is 0.500. The molecule has 0 heterocycles. The maximum absolute atomic E-state index is 11.5. The van der Waals surface area contributed by atoms with Crippen molar-refractivity contribution < 1.29 is 9.90 Å². The van der Waals surface area contributed by atoms with Crippen LogP contribution in [0.5, 0.6) is 0 Å². The van der Waals surface area contributed by atoms with E-state index in [9.17, 15) is 9.90 Å². The molecular weight excluding hydrogens is 228 g/mol. The van der Waals surface area contributed by atoms with Crippen LogP contribution in [0.3, 0.4) is 0 Å². The highest BCUT2D eigenvalue weighted by atomic mass is 16.4. The summed E-state index contributed by atoms with van der Waals surface area (Å²) in [5.41, 5.74) is 5.38. The molecule has 0 radical (unpaired) electrons. The molecule has 2 unspecified atom stereocenters. The van der Waals surface area contributed by atoms with Crippen molar-refractivity contribution in [3.05, 3.63) is 35.9 Å². The van der Waals surface area contributed by atoms with Crippen LogP contribution in [0.2, 0.25) is 0 Å². The molecule has 0 fully saturated rings. The average Bonchev–Trinajstić information content (AvgIpc) is 2.38. The Balaban J connectivity index is 2.99. The Hall–Kier alpha value is -1.39. The van der Waals surface area contributed by atoms with Gasteiger partial charge in [-0.3, -0.25) is 0 Å². The van der Waals surface area contributed by atoms with Crippen molar-refractivity contribution in [2.24, 2.45) is 5.73 Å². The van der Waals surface area contributed by atoms with Crippen molar-refractivity contribution in [3.8, 4) is 0 Å². The van der Waals surface area contributed by atoms with E-state index in [-0.39, 0.29) is 0 Å². The highest BCUT2D eigenvalue weighted by Crippen LogP contribution is 2.21. The molecule has 0 saturated carbocycles. The topological polar surface area (TPSA) is 66.6 Å². The van der Waals surface area contributed by atoms with E-state index >= 15 is 0 Å². The molecule has 4 nitrogen and oxygen atoms in total. The van der Waals surface area contributed by atoms with Crippen LogP contribution in [-0.4, -0.2) is 35.6 Å². The summed E-state index contributed by atoms with van der Waals surface area (Å²) in [7, 11) is 1.90. The van der Waals surface area contributed by atoms with Gasteiger partial charge >= 0.3 is 5.97 Å². The Morgan fingerprint density at radius 2 is 2.00 bits per heavy atom. The van der Waals surface area contributed by atoms with E-state index in [0.29, 0.717) is 18.2 Å². The number of benzene rings is 1. The minimum atomic E-state index is -1.36. The first kappa shape index (κ1) is 14.7. The minimum Gasteiger partial charge on any atom is -0.480 e. The van der Waals surface area contributed by atoms with Gasteiger partial charge in [0.05, 0.1) is 0 Å². The van der Waals surface area contributed by atoms with Crippen molar-refractivity contribution in [3.63, 3.8) is 0 Å². The highest BCUT2D eigenvalue weighted by molar-refractivity contribution is 5.80. The monoisotopic (exact) mass is 250 g/mol. The molecule has 0 amide bonds. The van der Waals surface area contributed by atoms with Crippen LogP contribution in [0.25, 0.3) is 0 Å². The zero-order valence-corrected chi connectivity index (χ0v) is 11.3. The number of hydrogen-bond acceptors (Lipinski definition) is 3. The van der Waals surface area contributed by atoms with Crippen molar-refractivity contribution >= 4 is 5.97 Å². The average molecular weight is 250 g/mol. The molecule has 3 N–H and O–H groups in total. The first-order chi connectivity index (χ1) is 8.41. The Bertz CT molecular complexity index is 394. The predicted molar refractivity (Wildman–Crippen MR) is 72.3 cm³/mol. The Morgan fingerprint density at radius 3 is 2.44 bits per heavy atom. The maximum Gasteiger partial charge on any atom is 0.329 e. The quantitative estimate of drug-likeness (QED) is 0.805. The minimum absolute atomic E-state index is 0.293. The second-order valence-corrected chi connectivity index (χ2v) is 4.81. The summed E-state index contributed by atoms with van der Waals surface area (Å²) in [6, 6.07) is 9.30. The van der Waals surface area contributed by atoms with Crippen molar-refractivity contribution in [1.82, 2.24) is 4.90 Å². The Kier molecular flexibility index (Phi) is 4.87. The van der Waals surface area contributed by atoms with E-state index in [1.165, 1.54) is 0 Å². The third-order valence-corrected chi connectivity index (χ3v) is 3.51. The van der Waals surface area contributed by atoms with E-state index in [1.807, 2.05) is 30.1 Å². The number of nitrogens with two attached hydrogens (primary N) is 1. The van der Waals surface area contributed by atoms with Gasteiger partial charge in [0.15, 0.2) is 5.54 Å². The van der Waals surface area contributed by atoms with Gasteiger partial charge in [-0.2, -0.15) is 0 Å². The predicted octanol–water partition coefficient (Wildman–Crippen LogP) is 1.66. The molecule has 1 rings (SSSR count). The fourth-order valence-electron chi connectivity index (χ4n) is 1.88. The lowest BCUT2D eigenvalue weighted by Gasteiger charge is -2.33. The molecule has 0 saturated heterocycles. The first-order valence-electron chi connectivity index (χ1n) is 6.19. The van der Waals surface area contributed by atoms with Crippen LogP contribution < -0.4 is 5.73 Å². The Labute approximate surface area is 108 Å². The molecule has 0 bridgehead atoms. The van der Waals surface area contributed by atoms with Gasteiger partial charge < -0.3 is 15.7 Å². The molecule has 100 valence electrons. The standard InChI is InChI=1S/C14H22N2O2/c1-4-11(2)16(3)10-14(15,13(17)18)12-8-6-5-7-9-12/h5-9,11H,4,10,15H2,1-3H3,(H,17,18). The number of nitrogens with zero attached hydrogens (tertiary/aromatic N) is 1. The van der Waals surface area contributed by atoms with Gasteiger partial charge in [0.1, 0.15) is 0 Å². The molecule has 0 aromatic heterocycles. The van der Waals surface area contributed by atoms with Crippen LogP contribution in [0.4, 0.5) is 0 Å². The number of likely N-dealkylation sites (N-methyl/N-ethyl adjacent to an activating group) is 1. The third kappa shape index (κ3) is 3.09. The molecule has 1 aromatic rings. The second kappa shape index (κ2) is 5.98. The lowest BCUT2D eigenvalue weighted by molar-refractivity contribution is -0.144. The highest BCUT2D eigenvalue weighted by Gasteiger charge is 2.37. The van der Waals surface area contributed by atoms with Gasteiger partial charge in [0, 0.05) is 12.6 Å². The van der Waals surface area contributed by atoms with Gasteiger partial charge in [-0.25, -0.2) is 4.79 Å². The van der Waals surface area contributed by atoms with Crippen LogP contribution in [0, 0.1) is 0 Å². The smallest absolute Gasteiger partial charge is 0.329 e. The first-order valence-corrected chi connectivity index (χ1v) is 6.19. The molecule has 4 heteroatoms. The van der Waals surface area contributed by atoms with Crippen LogP contribution in [-0.2, 0) is 10.3 Å². The van der Waals surface area contributed by atoms with Gasteiger partial charge in [0.2, 0.25) is 0 Å². The number of rotatable bonds is 6.